The maximum Gasteiger partial charge on any atom is 0.326 e. The number of sulfonamides is 1. The fourth-order valence-electron chi connectivity index (χ4n) is 1.48. The second kappa shape index (κ2) is 7.72. The number of aliphatic hydroxyl groups is 1. The van der Waals surface area contributed by atoms with Gasteiger partial charge in [-0.25, -0.2) is 17.9 Å². The zero-order valence-electron chi connectivity index (χ0n) is 11.0. The average molecular weight is 316 g/mol. The highest BCUT2D eigenvalue weighted by atomic mass is 32.2. The lowest BCUT2D eigenvalue weighted by molar-refractivity contribution is -0.142. The normalized spacial score (nSPS) is 12.6. The van der Waals surface area contributed by atoms with Crippen LogP contribution in [0.2, 0.25) is 0 Å². The molecule has 8 nitrogen and oxygen atoms in total. The van der Waals surface area contributed by atoms with Gasteiger partial charge in [-0.05, 0) is 12.1 Å². The Morgan fingerprint density at radius 3 is 2.33 bits per heavy atom. The van der Waals surface area contributed by atoms with Crippen molar-refractivity contribution >= 4 is 21.9 Å². The molecule has 1 atom stereocenters. The first kappa shape index (κ1) is 17.1. The third-order valence-electron chi connectivity index (χ3n) is 2.53. The molecule has 0 bridgehead atoms. The molecule has 116 valence electrons. The van der Waals surface area contributed by atoms with Crippen LogP contribution in [0.1, 0.15) is 6.42 Å². The lowest BCUT2D eigenvalue weighted by Crippen LogP contribution is -2.45. The minimum atomic E-state index is -3.83. The van der Waals surface area contributed by atoms with E-state index in [1.54, 1.807) is 6.07 Å². The monoisotopic (exact) mass is 316 g/mol. The quantitative estimate of drug-likeness (QED) is 0.482. The summed E-state index contributed by atoms with van der Waals surface area (Å²) in [7, 11) is -3.83. The molecule has 0 heterocycles. The Labute approximate surface area is 121 Å². The lowest BCUT2D eigenvalue weighted by atomic mass is 10.2. The summed E-state index contributed by atoms with van der Waals surface area (Å²) in [6.07, 6.45) is -0.160. The fraction of sp³-hybridized carbons (Fsp3) is 0.333. The predicted octanol–water partition coefficient (Wildman–Crippen LogP) is -1.08. The van der Waals surface area contributed by atoms with Crippen molar-refractivity contribution in [2.45, 2.75) is 17.4 Å². The molecule has 1 amide bonds. The van der Waals surface area contributed by atoms with Crippen LogP contribution in [-0.4, -0.2) is 49.7 Å². The van der Waals surface area contributed by atoms with Crippen LogP contribution in [-0.2, 0) is 19.6 Å². The summed E-state index contributed by atoms with van der Waals surface area (Å²) in [6.45, 7) is -1.00. The van der Waals surface area contributed by atoms with Crippen molar-refractivity contribution in [1.82, 2.24) is 10.0 Å². The lowest BCUT2D eigenvalue weighted by Gasteiger charge is -2.13. The number of carboxylic acids is 1. The number of nitrogens with one attached hydrogen (secondary N) is 2. The van der Waals surface area contributed by atoms with Crippen molar-refractivity contribution in [1.29, 1.82) is 0 Å². The molecule has 21 heavy (non-hydrogen) atoms. The molecule has 4 N–H and O–H groups in total. The Balaban J connectivity index is 2.58. The Hall–Kier alpha value is -1.97. The van der Waals surface area contributed by atoms with Crippen molar-refractivity contribution in [2.24, 2.45) is 0 Å². The van der Waals surface area contributed by atoms with Gasteiger partial charge in [0.15, 0.2) is 0 Å². The topological polar surface area (TPSA) is 133 Å². The van der Waals surface area contributed by atoms with Crippen LogP contribution in [0, 0.1) is 0 Å². The zero-order valence-corrected chi connectivity index (χ0v) is 11.8. The molecule has 0 spiro atoms. The van der Waals surface area contributed by atoms with E-state index in [1.807, 2.05) is 0 Å². The predicted molar refractivity (Wildman–Crippen MR) is 72.9 cm³/mol. The molecule has 0 saturated carbocycles. The Bertz CT molecular complexity index is 587. The first-order valence-corrected chi connectivity index (χ1v) is 7.53. The van der Waals surface area contributed by atoms with Crippen molar-refractivity contribution in [3.63, 3.8) is 0 Å². The molecular weight excluding hydrogens is 300 g/mol. The zero-order chi connectivity index (χ0) is 15.9. The Morgan fingerprint density at radius 1 is 1.19 bits per heavy atom. The molecule has 1 aromatic carbocycles. The molecule has 1 aromatic rings. The summed E-state index contributed by atoms with van der Waals surface area (Å²) in [5.41, 5.74) is 0. The number of hydrogen-bond donors (Lipinski definition) is 4. The summed E-state index contributed by atoms with van der Waals surface area (Å²) in [5.74, 6) is -2.10. The van der Waals surface area contributed by atoms with Crippen LogP contribution in [0.25, 0.3) is 0 Å². The number of aliphatic hydroxyl groups excluding tert-OH is 1. The molecule has 0 saturated heterocycles. The summed E-state index contributed by atoms with van der Waals surface area (Å²) in [6, 6.07) is 6.20. The van der Waals surface area contributed by atoms with Crippen molar-refractivity contribution < 1.29 is 28.2 Å². The Morgan fingerprint density at radius 2 is 1.81 bits per heavy atom. The summed E-state index contributed by atoms with van der Waals surface area (Å²) in [5, 5.41) is 19.6. The van der Waals surface area contributed by atoms with Gasteiger partial charge in [-0.3, -0.25) is 4.79 Å². The van der Waals surface area contributed by atoms with Crippen LogP contribution in [0.5, 0.6) is 0 Å². The number of amides is 1. The van der Waals surface area contributed by atoms with Gasteiger partial charge < -0.3 is 15.5 Å². The van der Waals surface area contributed by atoms with Crippen molar-refractivity contribution in [2.75, 3.05) is 13.2 Å². The van der Waals surface area contributed by atoms with Gasteiger partial charge in [-0.2, -0.15) is 0 Å². The number of benzene rings is 1. The maximum absolute atomic E-state index is 11.8. The largest absolute Gasteiger partial charge is 0.480 e. The average Bonchev–Trinajstić information content (AvgIpc) is 2.45. The van der Waals surface area contributed by atoms with E-state index >= 15 is 0 Å². The van der Waals surface area contributed by atoms with Crippen LogP contribution in [0.15, 0.2) is 35.2 Å². The molecule has 0 aliphatic rings. The third kappa shape index (κ3) is 5.50. The SMILES string of the molecule is O=C(CNS(=O)(=O)c1ccccc1)N[C@H](CCO)C(=O)O. The number of rotatable bonds is 8. The summed E-state index contributed by atoms with van der Waals surface area (Å²) < 4.78 is 25.7. The molecule has 0 aliphatic carbocycles. The number of aliphatic carboxylic acids is 1. The van der Waals surface area contributed by atoms with Crippen LogP contribution in [0.4, 0.5) is 0 Å². The molecule has 0 fully saturated rings. The van der Waals surface area contributed by atoms with Gasteiger partial charge in [-0.1, -0.05) is 18.2 Å². The van der Waals surface area contributed by atoms with Gasteiger partial charge in [0.2, 0.25) is 15.9 Å². The number of carbonyl (C=O) groups excluding carboxylic acids is 1. The van der Waals surface area contributed by atoms with E-state index in [0.29, 0.717) is 0 Å². The third-order valence-corrected chi connectivity index (χ3v) is 3.94. The van der Waals surface area contributed by atoms with Gasteiger partial charge in [0.05, 0.1) is 11.4 Å². The van der Waals surface area contributed by atoms with Crippen molar-refractivity contribution in [3.05, 3.63) is 30.3 Å². The molecule has 9 heteroatoms. The van der Waals surface area contributed by atoms with Gasteiger partial charge in [-0.15, -0.1) is 0 Å². The van der Waals surface area contributed by atoms with Gasteiger partial charge in [0.1, 0.15) is 6.04 Å². The van der Waals surface area contributed by atoms with Gasteiger partial charge in [0, 0.05) is 13.0 Å². The molecule has 1 rings (SSSR count). The second-order valence-electron chi connectivity index (χ2n) is 4.11. The van der Waals surface area contributed by atoms with E-state index in [4.69, 9.17) is 10.2 Å². The van der Waals surface area contributed by atoms with E-state index in [2.05, 4.69) is 10.0 Å². The number of hydrogen-bond acceptors (Lipinski definition) is 5. The van der Waals surface area contributed by atoms with E-state index in [0.717, 1.165) is 0 Å². The minimum absolute atomic E-state index is 0.00272. The smallest absolute Gasteiger partial charge is 0.326 e. The molecule has 0 unspecified atom stereocenters. The van der Waals surface area contributed by atoms with Gasteiger partial charge >= 0.3 is 5.97 Å². The van der Waals surface area contributed by atoms with E-state index in [9.17, 15) is 18.0 Å². The minimum Gasteiger partial charge on any atom is -0.480 e. The highest BCUT2D eigenvalue weighted by Gasteiger charge is 2.20. The first-order chi connectivity index (χ1) is 9.86. The standard InChI is InChI=1S/C12H16N2O6S/c15-7-6-10(12(17)18)14-11(16)8-13-21(19,20)9-4-2-1-3-5-9/h1-5,10,13,15H,6-8H2,(H,14,16)(H,17,18)/t10-/m1/s1. The van der Waals surface area contributed by atoms with E-state index in [-0.39, 0.29) is 11.3 Å². The fourth-order valence-corrected chi connectivity index (χ4v) is 2.48. The highest BCUT2D eigenvalue weighted by molar-refractivity contribution is 7.89. The number of carboxylic acid groups (broad SMARTS) is 1. The van der Waals surface area contributed by atoms with Crippen LogP contribution < -0.4 is 10.0 Å². The Kier molecular flexibility index (Phi) is 6.28. The number of carbonyl (C=O) groups is 2. The van der Waals surface area contributed by atoms with Crippen molar-refractivity contribution in [3.8, 4) is 0 Å². The van der Waals surface area contributed by atoms with Crippen LogP contribution >= 0.6 is 0 Å². The molecule has 0 radical (unpaired) electrons. The first-order valence-electron chi connectivity index (χ1n) is 6.04. The summed E-state index contributed by atoms with van der Waals surface area (Å²) >= 11 is 0. The summed E-state index contributed by atoms with van der Waals surface area (Å²) in [4.78, 5) is 22.3. The molecule has 0 aliphatic heterocycles. The van der Waals surface area contributed by atoms with E-state index < -0.39 is 41.1 Å². The molecule has 0 aromatic heterocycles. The van der Waals surface area contributed by atoms with Crippen LogP contribution in [0.3, 0.4) is 0 Å². The second-order valence-corrected chi connectivity index (χ2v) is 5.88. The van der Waals surface area contributed by atoms with E-state index in [1.165, 1.54) is 24.3 Å². The maximum atomic E-state index is 11.8. The highest BCUT2D eigenvalue weighted by Crippen LogP contribution is 2.06. The van der Waals surface area contributed by atoms with Gasteiger partial charge in [0.25, 0.3) is 0 Å². The molecular formula is C12H16N2O6S.